The molecule has 1 unspecified atom stereocenters. The molecule has 0 aliphatic rings. The van der Waals surface area contributed by atoms with Gasteiger partial charge in [-0.05, 0) is 43.8 Å². The van der Waals surface area contributed by atoms with E-state index >= 15 is 0 Å². The number of hydrogen-bond donors (Lipinski definition) is 1. The Hall–Kier alpha value is -1.81. The van der Waals surface area contributed by atoms with E-state index in [1.165, 1.54) is 6.07 Å². The maximum atomic E-state index is 13.9. The Kier molecular flexibility index (Phi) is 4.22. The van der Waals surface area contributed by atoms with Gasteiger partial charge in [-0.2, -0.15) is 0 Å². The smallest absolute Gasteiger partial charge is 0.128 e. The Balaban J connectivity index is 2.48. The van der Waals surface area contributed by atoms with Gasteiger partial charge in [0, 0.05) is 11.3 Å². The molecule has 1 aromatic heterocycles. The first-order chi connectivity index (χ1) is 9.11. The summed E-state index contributed by atoms with van der Waals surface area (Å²) < 4.78 is 27.2. The summed E-state index contributed by atoms with van der Waals surface area (Å²) in [5, 5.41) is 3.14. The second-order valence-electron chi connectivity index (χ2n) is 4.36. The van der Waals surface area contributed by atoms with Gasteiger partial charge in [-0.1, -0.05) is 13.0 Å². The number of nitrogens with one attached hydrogen (secondary N) is 1. The highest BCUT2D eigenvalue weighted by molar-refractivity contribution is 5.30. The Morgan fingerprint density at radius 1 is 1.21 bits per heavy atom. The van der Waals surface area contributed by atoms with Gasteiger partial charge in [0.2, 0.25) is 0 Å². The molecule has 2 nitrogen and oxygen atoms in total. The topological polar surface area (TPSA) is 24.9 Å². The van der Waals surface area contributed by atoms with E-state index in [9.17, 15) is 8.78 Å². The molecule has 0 amide bonds. The molecule has 1 heterocycles. The lowest BCUT2D eigenvalue weighted by atomic mass is 10.0. The lowest BCUT2D eigenvalue weighted by Gasteiger charge is -2.19. The van der Waals surface area contributed by atoms with Crippen molar-refractivity contribution in [1.82, 2.24) is 10.3 Å². The molecule has 0 spiro atoms. The van der Waals surface area contributed by atoms with Crippen LogP contribution in [0.2, 0.25) is 0 Å². The predicted molar refractivity (Wildman–Crippen MR) is 70.9 cm³/mol. The van der Waals surface area contributed by atoms with Crippen LogP contribution in [0.3, 0.4) is 0 Å². The second kappa shape index (κ2) is 5.89. The standard InChI is InChI=1S/C15H16F2N2/c1-3-18-15(14-6-4-5-10(2)19-14)12-9-11(16)7-8-13(12)17/h4-9,15,18H,3H2,1-2H3. The van der Waals surface area contributed by atoms with Crippen LogP contribution in [0.15, 0.2) is 36.4 Å². The van der Waals surface area contributed by atoms with Gasteiger partial charge in [-0.3, -0.25) is 4.98 Å². The third-order valence-corrected chi connectivity index (χ3v) is 2.88. The monoisotopic (exact) mass is 262 g/mol. The molecule has 19 heavy (non-hydrogen) atoms. The Labute approximate surface area is 111 Å². The van der Waals surface area contributed by atoms with Crippen molar-refractivity contribution >= 4 is 0 Å². The summed E-state index contributed by atoms with van der Waals surface area (Å²) in [4.78, 5) is 4.39. The first-order valence-corrected chi connectivity index (χ1v) is 6.23. The number of hydrogen-bond acceptors (Lipinski definition) is 2. The molecule has 0 aliphatic heterocycles. The minimum absolute atomic E-state index is 0.278. The van der Waals surface area contributed by atoms with E-state index in [1.54, 1.807) is 0 Å². The van der Waals surface area contributed by atoms with Crippen LogP contribution < -0.4 is 5.32 Å². The number of benzene rings is 1. The van der Waals surface area contributed by atoms with Gasteiger partial charge in [-0.25, -0.2) is 8.78 Å². The molecule has 2 rings (SSSR count). The van der Waals surface area contributed by atoms with Crippen molar-refractivity contribution < 1.29 is 8.78 Å². The maximum Gasteiger partial charge on any atom is 0.128 e. The van der Waals surface area contributed by atoms with Crippen molar-refractivity contribution in [3.63, 3.8) is 0 Å². The SMILES string of the molecule is CCNC(c1cccc(C)n1)c1cc(F)ccc1F. The second-order valence-corrected chi connectivity index (χ2v) is 4.36. The summed E-state index contributed by atoms with van der Waals surface area (Å²) in [5.41, 5.74) is 1.81. The van der Waals surface area contributed by atoms with Crippen LogP contribution in [0.5, 0.6) is 0 Å². The Bertz CT molecular complexity index is 570. The number of rotatable bonds is 4. The fourth-order valence-corrected chi connectivity index (χ4v) is 2.04. The van der Waals surface area contributed by atoms with Crippen LogP contribution in [0.1, 0.15) is 29.9 Å². The van der Waals surface area contributed by atoms with Crippen molar-refractivity contribution in [2.24, 2.45) is 0 Å². The van der Waals surface area contributed by atoms with E-state index in [-0.39, 0.29) is 5.56 Å². The fraction of sp³-hybridized carbons (Fsp3) is 0.267. The van der Waals surface area contributed by atoms with Crippen LogP contribution in [-0.4, -0.2) is 11.5 Å². The molecule has 4 heteroatoms. The molecule has 0 radical (unpaired) electrons. The van der Waals surface area contributed by atoms with Gasteiger partial charge in [0.25, 0.3) is 0 Å². The van der Waals surface area contributed by atoms with Gasteiger partial charge in [0.15, 0.2) is 0 Å². The molecule has 0 fully saturated rings. The molecular formula is C15H16F2N2. The highest BCUT2D eigenvalue weighted by atomic mass is 19.1. The highest BCUT2D eigenvalue weighted by Crippen LogP contribution is 2.24. The number of aromatic nitrogens is 1. The third kappa shape index (κ3) is 3.15. The van der Waals surface area contributed by atoms with Gasteiger partial charge in [0.05, 0.1) is 11.7 Å². The molecule has 0 saturated heterocycles. The molecule has 1 atom stereocenters. The van der Waals surface area contributed by atoms with Gasteiger partial charge in [-0.15, -0.1) is 0 Å². The zero-order valence-corrected chi connectivity index (χ0v) is 11.0. The van der Waals surface area contributed by atoms with Gasteiger partial charge >= 0.3 is 0 Å². The minimum Gasteiger partial charge on any atom is -0.305 e. The van der Waals surface area contributed by atoms with Crippen LogP contribution in [0, 0.1) is 18.6 Å². The Morgan fingerprint density at radius 3 is 2.68 bits per heavy atom. The van der Waals surface area contributed by atoms with E-state index in [0.29, 0.717) is 12.2 Å². The van der Waals surface area contributed by atoms with E-state index in [1.807, 2.05) is 32.0 Å². The average Bonchev–Trinajstić information content (AvgIpc) is 2.39. The molecular weight excluding hydrogens is 246 g/mol. The van der Waals surface area contributed by atoms with Crippen molar-refractivity contribution in [2.45, 2.75) is 19.9 Å². The summed E-state index contributed by atoms with van der Waals surface area (Å²) in [6.45, 7) is 4.42. The van der Waals surface area contributed by atoms with E-state index in [2.05, 4.69) is 10.3 Å². The largest absolute Gasteiger partial charge is 0.305 e. The third-order valence-electron chi connectivity index (χ3n) is 2.88. The van der Waals surface area contributed by atoms with Crippen molar-refractivity contribution in [2.75, 3.05) is 6.54 Å². The molecule has 2 aromatic rings. The summed E-state index contributed by atoms with van der Waals surface area (Å²) in [5.74, 6) is -0.886. The summed E-state index contributed by atoms with van der Waals surface area (Å²) >= 11 is 0. The fourth-order valence-electron chi connectivity index (χ4n) is 2.04. The van der Waals surface area contributed by atoms with Crippen molar-refractivity contribution in [3.05, 3.63) is 65.0 Å². The summed E-state index contributed by atoms with van der Waals surface area (Å²) in [7, 11) is 0. The van der Waals surface area contributed by atoms with E-state index < -0.39 is 17.7 Å². The number of nitrogens with zero attached hydrogens (tertiary/aromatic N) is 1. The zero-order valence-electron chi connectivity index (χ0n) is 11.0. The number of pyridine rings is 1. The van der Waals surface area contributed by atoms with Gasteiger partial charge < -0.3 is 5.32 Å². The van der Waals surface area contributed by atoms with Gasteiger partial charge in [0.1, 0.15) is 11.6 Å². The minimum atomic E-state index is -0.452. The molecule has 1 N–H and O–H groups in total. The van der Waals surface area contributed by atoms with Crippen LogP contribution >= 0.6 is 0 Å². The lowest BCUT2D eigenvalue weighted by molar-refractivity contribution is 0.538. The van der Waals surface area contributed by atoms with Crippen LogP contribution in [0.25, 0.3) is 0 Å². The van der Waals surface area contributed by atoms with E-state index in [0.717, 1.165) is 17.8 Å². The number of aryl methyl sites for hydroxylation is 1. The van der Waals surface area contributed by atoms with Crippen LogP contribution in [-0.2, 0) is 0 Å². The Morgan fingerprint density at radius 2 is 2.00 bits per heavy atom. The zero-order chi connectivity index (χ0) is 13.8. The van der Waals surface area contributed by atoms with Crippen molar-refractivity contribution in [3.8, 4) is 0 Å². The van der Waals surface area contributed by atoms with Crippen molar-refractivity contribution in [1.29, 1.82) is 0 Å². The highest BCUT2D eigenvalue weighted by Gasteiger charge is 2.19. The molecule has 0 aliphatic carbocycles. The molecule has 0 bridgehead atoms. The molecule has 0 saturated carbocycles. The normalized spacial score (nSPS) is 12.4. The number of halogens is 2. The summed E-state index contributed by atoms with van der Waals surface area (Å²) in [6.07, 6.45) is 0. The molecule has 1 aromatic carbocycles. The van der Waals surface area contributed by atoms with E-state index in [4.69, 9.17) is 0 Å². The predicted octanol–water partition coefficient (Wildman–Crippen LogP) is 3.37. The first kappa shape index (κ1) is 13.6. The first-order valence-electron chi connectivity index (χ1n) is 6.23. The maximum absolute atomic E-state index is 13.9. The average molecular weight is 262 g/mol. The van der Waals surface area contributed by atoms with Crippen LogP contribution in [0.4, 0.5) is 8.78 Å². The molecule has 100 valence electrons. The lowest BCUT2D eigenvalue weighted by Crippen LogP contribution is -2.24. The quantitative estimate of drug-likeness (QED) is 0.913. The summed E-state index contributed by atoms with van der Waals surface area (Å²) in [6, 6.07) is 8.57.